The van der Waals surface area contributed by atoms with E-state index in [1.54, 1.807) is 12.1 Å². The van der Waals surface area contributed by atoms with E-state index >= 15 is 0 Å². The molecule has 23 heavy (non-hydrogen) atoms. The van der Waals surface area contributed by atoms with E-state index in [-0.39, 0.29) is 4.90 Å². The molecule has 2 aromatic rings. The van der Waals surface area contributed by atoms with Crippen LogP contribution >= 0.6 is 11.6 Å². The van der Waals surface area contributed by atoms with Gasteiger partial charge in [0.15, 0.2) is 0 Å². The standard InChI is InChI=1S/C16H17ClN2O3S/c1-2-11-22-15-7-3-13(4-8-15)12-18-19-23(20,21)16-9-5-14(17)6-10-16/h3-10,12,19H,2,11H2,1H3. The molecule has 0 atom stereocenters. The van der Waals surface area contributed by atoms with Crippen LogP contribution in [-0.4, -0.2) is 21.2 Å². The monoisotopic (exact) mass is 352 g/mol. The van der Waals surface area contributed by atoms with Gasteiger partial charge in [-0.25, -0.2) is 4.83 Å². The molecule has 5 nitrogen and oxygen atoms in total. The van der Waals surface area contributed by atoms with Crippen molar-refractivity contribution in [2.75, 3.05) is 6.61 Å². The summed E-state index contributed by atoms with van der Waals surface area (Å²) >= 11 is 5.74. The molecule has 7 heteroatoms. The highest BCUT2D eigenvalue weighted by Crippen LogP contribution is 2.14. The summed E-state index contributed by atoms with van der Waals surface area (Å²) in [6.45, 7) is 2.70. The van der Waals surface area contributed by atoms with Gasteiger partial charge in [-0.05, 0) is 60.5 Å². The number of ether oxygens (including phenoxy) is 1. The second-order valence-corrected chi connectivity index (χ2v) is 6.82. The number of rotatable bonds is 7. The number of nitrogens with zero attached hydrogens (tertiary/aromatic N) is 1. The van der Waals surface area contributed by atoms with Crippen LogP contribution in [0, 0.1) is 0 Å². The summed E-state index contributed by atoms with van der Waals surface area (Å²) in [5.41, 5.74) is 0.757. The molecule has 0 saturated carbocycles. The van der Waals surface area contributed by atoms with E-state index in [1.807, 2.05) is 19.1 Å². The Kier molecular flexibility index (Phi) is 6.01. The van der Waals surface area contributed by atoms with Crippen LogP contribution in [0.25, 0.3) is 0 Å². The van der Waals surface area contributed by atoms with Crippen molar-refractivity contribution in [3.05, 3.63) is 59.1 Å². The first kappa shape index (κ1) is 17.3. The lowest BCUT2D eigenvalue weighted by molar-refractivity contribution is 0.317. The first-order valence-electron chi connectivity index (χ1n) is 7.04. The van der Waals surface area contributed by atoms with Gasteiger partial charge in [-0.3, -0.25) is 0 Å². The minimum absolute atomic E-state index is 0.0994. The number of benzene rings is 2. The van der Waals surface area contributed by atoms with Crippen LogP contribution in [0.3, 0.4) is 0 Å². The molecule has 2 aromatic carbocycles. The first-order valence-corrected chi connectivity index (χ1v) is 8.90. The van der Waals surface area contributed by atoms with Gasteiger partial charge in [0, 0.05) is 5.02 Å². The van der Waals surface area contributed by atoms with E-state index in [0.29, 0.717) is 11.6 Å². The number of sulfonamides is 1. The quantitative estimate of drug-likeness (QED) is 0.613. The van der Waals surface area contributed by atoms with Gasteiger partial charge in [0.25, 0.3) is 10.0 Å². The van der Waals surface area contributed by atoms with Crippen LogP contribution in [-0.2, 0) is 10.0 Å². The van der Waals surface area contributed by atoms with Gasteiger partial charge >= 0.3 is 0 Å². The lowest BCUT2D eigenvalue weighted by Gasteiger charge is -2.04. The number of halogens is 1. The van der Waals surface area contributed by atoms with E-state index in [9.17, 15) is 8.42 Å². The molecule has 0 aliphatic heterocycles. The molecule has 0 aliphatic rings. The summed E-state index contributed by atoms with van der Waals surface area (Å²) in [5, 5.41) is 4.24. The molecule has 0 aromatic heterocycles. The predicted molar refractivity (Wildman–Crippen MR) is 91.6 cm³/mol. The SMILES string of the molecule is CCCOc1ccc(C=NNS(=O)(=O)c2ccc(Cl)cc2)cc1. The van der Waals surface area contributed by atoms with Crippen LogP contribution in [0.15, 0.2) is 58.5 Å². The summed E-state index contributed by atoms with van der Waals surface area (Å²) < 4.78 is 29.5. The van der Waals surface area contributed by atoms with Gasteiger partial charge < -0.3 is 4.74 Å². The van der Waals surface area contributed by atoms with Gasteiger partial charge in [0.2, 0.25) is 0 Å². The van der Waals surface area contributed by atoms with Crippen LogP contribution in [0.4, 0.5) is 0 Å². The lowest BCUT2D eigenvalue weighted by Crippen LogP contribution is -2.18. The van der Waals surface area contributed by atoms with Crippen molar-refractivity contribution in [2.24, 2.45) is 5.10 Å². The third kappa shape index (κ3) is 5.26. The van der Waals surface area contributed by atoms with Gasteiger partial charge in [0.1, 0.15) is 5.75 Å². The Bertz CT molecular complexity index is 757. The number of hydrogen-bond donors (Lipinski definition) is 1. The molecule has 0 fully saturated rings. The molecule has 0 radical (unpaired) electrons. The number of hydrazone groups is 1. The Balaban J connectivity index is 1.99. The Morgan fingerprint density at radius 3 is 2.39 bits per heavy atom. The molecule has 0 amide bonds. The number of nitrogens with one attached hydrogen (secondary N) is 1. The van der Waals surface area contributed by atoms with Crippen molar-refractivity contribution in [1.82, 2.24) is 4.83 Å². The van der Waals surface area contributed by atoms with Crippen molar-refractivity contribution in [2.45, 2.75) is 18.2 Å². The summed E-state index contributed by atoms with van der Waals surface area (Å²) in [6.07, 6.45) is 2.37. The van der Waals surface area contributed by atoms with Crippen molar-refractivity contribution >= 4 is 27.8 Å². The molecule has 0 heterocycles. The maximum absolute atomic E-state index is 12.0. The van der Waals surface area contributed by atoms with Crippen LogP contribution in [0.2, 0.25) is 5.02 Å². The van der Waals surface area contributed by atoms with E-state index in [1.165, 1.54) is 30.5 Å². The molecule has 0 bridgehead atoms. The second kappa shape index (κ2) is 7.99. The average molecular weight is 353 g/mol. The highest BCUT2D eigenvalue weighted by atomic mass is 35.5. The van der Waals surface area contributed by atoms with E-state index in [2.05, 4.69) is 9.93 Å². The molecule has 122 valence electrons. The van der Waals surface area contributed by atoms with Crippen molar-refractivity contribution in [3.63, 3.8) is 0 Å². The van der Waals surface area contributed by atoms with Crippen molar-refractivity contribution < 1.29 is 13.2 Å². The highest BCUT2D eigenvalue weighted by molar-refractivity contribution is 7.89. The normalized spacial score (nSPS) is 11.6. The van der Waals surface area contributed by atoms with Gasteiger partial charge in [-0.1, -0.05) is 18.5 Å². The minimum atomic E-state index is -3.70. The average Bonchev–Trinajstić information content (AvgIpc) is 2.54. The van der Waals surface area contributed by atoms with E-state index in [4.69, 9.17) is 16.3 Å². The second-order valence-electron chi connectivity index (χ2n) is 4.72. The maximum Gasteiger partial charge on any atom is 0.276 e. The summed E-state index contributed by atoms with van der Waals surface area (Å²) in [4.78, 5) is 2.26. The van der Waals surface area contributed by atoms with Crippen LogP contribution in [0.1, 0.15) is 18.9 Å². The van der Waals surface area contributed by atoms with Crippen LogP contribution in [0.5, 0.6) is 5.75 Å². The fraction of sp³-hybridized carbons (Fsp3) is 0.188. The topological polar surface area (TPSA) is 67.8 Å². The zero-order chi connectivity index (χ0) is 16.7. The van der Waals surface area contributed by atoms with Gasteiger partial charge in [-0.15, -0.1) is 0 Å². The smallest absolute Gasteiger partial charge is 0.276 e. The Morgan fingerprint density at radius 2 is 1.78 bits per heavy atom. The summed E-state index contributed by atoms with van der Waals surface area (Å²) in [7, 11) is -3.70. The molecule has 0 aliphatic carbocycles. The number of hydrogen-bond acceptors (Lipinski definition) is 4. The fourth-order valence-electron chi connectivity index (χ4n) is 1.71. The minimum Gasteiger partial charge on any atom is -0.494 e. The molecule has 0 spiro atoms. The van der Waals surface area contributed by atoms with Crippen molar-refractivity contribution in [1.29, 1.82) is 0 Å². The van der Waals surface area contributed by atoms with Crippen molar-refractivity contribution in [3.8, 4) is 5.75 Å². The Labute approximate surface area is 141 Å². The highest BCUT2D eigenvalue weighted by Gasteiger charge is 2.11. The molecule has 0 saturated heterocycles. The lowest BCUT2D eigenvalue weighted by atomic mass is 10.2. The largest absolute Gasteiger partial charge is 0.494 e. The fourth-order valence-corrected chi connectivity index (χ4v) is 2.62. The Morgan fingerprint density at radius 1 is 1.13 bits per heavy atom. The first-order chi connectivity index (χ1) is 11.0. The molecule has 0 unspecified atom stereocenters. The molecule has 2 rings (SSSR count). The van der Waals surface area contributed by atoms with E-state index < -0.39 is 10.0 Å². The van der Waals surface area contributed by atoms with Gasteiger partial charge in [0.05, 0.1) is 17.7 Å². The predicted octanol–water partition coefficient (Wildman–Crippen LogP) is 3.44. The summed E-state index contributed by atoms with van der Waals surface area (Å²) in [6, 6.07) is 13.1. The van der Waals surface area contributed by atoms with Crippen LogP contribution < -0.4 is 9.57 Å². The Hall–Kier alpha value is -2.05. The zero-order valence-electron chi connectivity index (χ0n) is 12.6. The third-order valence-electron chi connectivity index (χ3n) is 2.86. The summed E-state index contributed by atoms with van der Waals surface area (Å²) in [5.74, 6) is 0.769. The molecular weight excluding hydrogens is 336 g/mol. The van der Waals surface area contributed by atoms with Gasteiger partial charge in [-0.2, -0.15) is 13.5 Å². The molecular formula is C16H17ClN2O3S. The third-order valence-corrected chi connectivity index (χ3v) is 4.35. The zero-order valence-corrected chi connectivity index (χ0v) is 14.1. The molecule has 1 N–H and O–H groups in total. The maximum atomic E-state index is 12.0. The van der Waals surface area contributed by atoms with E-state index in [0.717, 1.165) is 17.7 Å².